The second-order valence-corrected chi connectivity index (χ2v) is 3.71. The molecule has 2 atom stereocenters. The first-order chi connectivity index (χ1) is 11.0. The van der Waals surface area contributed by atoms with Crippen LogP contribution in [0.4, 0.5) is 0 Å². The number of hydrogen-bond acceptors (Lipinski definition) is 10. The number of carboxylic acid groups (broad SMARTS) is 2. The van der Waals surface area contributed by atoms with Gasteiger partial charge in [-0.25, -0.2) is 28.8 Å². The van der Waals surface area contributed by atoms with Gasteiger partial charge < -0.3 is 35.6 Å². The maximum absolute atomic E-state index is 11.2. The second-order valence-electron chi connectivity index (χ2n) is 3.71. The Kier molecular flexibility index (Phi) is 31.8. The Hall–Kier alpha value is 1.89. The van der Waals surface area contributed by atoms with Gasteiger partial charge in [0.05, 0.1) is 0 Å². The van der Waals surface area contributed by atoms with Crippen molar-refractivity contribution in [2.75, 3.05) is 0 Å². The zero-order chi connectivity index (χ0) is 18.9. The fourth-order valence-corrected chi connectivity index (χ4v) is 0.924. The summed E-state index contributed by atoms with van der Waals surface area (Å²) >= 11 is 0. The van der Waals surface area contributed by atoms with Crippen molar-refractivity contribution in [1.29, 1.82) is 0 Å². The predicted octanol–water partition coefficient (Wildman–Crippen LogP) is -14.4. The molecular weight excluding hydrogens is 460 g/mol. The normalized spacial score (nSPS) is 11.4. The molecule has 0 aliphatic heterocycles. The van der Waals surface area contributed by atoms with Crippen LogP contribution in [0.15, 0.2) is 24.3 Å². The van der Waals surface area contributed by atoms with Crippen molar-refractivity contribution in [3.05, 3.63) is 24.3 Å². The molecule has 28 heavy (non-hydrogen) atoms. The smallest absolute Gasteiger partial charge is 1.00 e. The van der Waals surface area contributed by atoms with Crippen molar-refractivity contribution in [3.63, 3.8) is 0 Å². The molecule has 0 spiro atoms. The van der Waals surface area contributed by atoms with Crippen LogP contribution in [0.5, 0.6) is 0 Å². The van der Waals surface area contributed by atoms with Crippen molar-refractivity contribution in [1.82, 2.24) is 0 Å². The number of aliphatic hydroxyl groups is 2. The summed E-state index contributed by atoms with van der Waals surface area (Å²) < 4.78 is 7.79. The van der Waals surface area contributed by atoms with Crippen LogP contribution < -0.4 is 162 Å². The van der Waals surface area contributed by atoms with Gasteiger partial charge in [0.2, 0.25) is 0 Å². The van der Waals surface area contributed by atoms with Crippen LogP contribution >= 0.6 is 0 Å². The molecule has 4 N–H and O–H groups in total. The number of ether oxygens (including phenoxy) is 2. The SMILES string of the molecule is O=C(O)/C=C\C(=O)OC(=O)C(O)C(O)C(=O)OC(=O)/C=C\C(=O)O.[H-].[H-].[H-].[H-].[K+].[K+].[Na+].[Na+]. The van der Waals surface area contributed by atoms with Crippen LogP contribution in [0.2, 0.25) is 0 Å². The zero-order valence-electron chi connectivity index (χ0n) is 19.5. The number of aliphatic hydroxyl groups excluding tert-OH is 2. The van der Waals surface area contributed by atoms with Crippen LogP contribution in [0, 0.1) is 0 Å². The summed E-state index contributed by atoms with van der Waals surface area (Å²) in [6, 6.07) is 0. The Bertz CT molecular complexity index is 597. The van der Waals surface area contributed by atoms with Crippen molar-refractivity contribution in [3.8, 4) is 0 Å². The van der Waals surface area contributed by atoms with E-state index in [4.69, 9.17) is 10.2 Å². The fraction of sp³-hybridized carbons (Fsp3) is 0.167. The van der Waals surface area contributed by atoms with Crippen molar-refractivity contribution < 1.29 is 226 Å². The van der Waals surface area contributed by atoms with Gasteiger partial charge in [-0.1, -0.05) is 0 Å². The Balaban J connectivity index is -0.0000000945. The van der Waals surface area contributed by atoms with E-state index in [1.165, 1.54) is 0 Å². The number of carbonyl (C=O) groups is 6. The largest absolute Gasteiger partial charge is 1.00 e. The van der Waals surface area contributed by atoms with Crippen LogP contribution in [-0.2, 0) is 38.2 Å². The Morgan fingerprint density at radius 3 is 1.11 bits per heavy atom. The van der Waals surface area contributed by atoms with Gasteiger partial charge in [-0.05, 0) is 0 Å². The van der Waals surface area contributed by atoms with E-state index >= 15 is 0 Å². The van der Waals surface area contributed by atoms with Crippen molar-refractivity contribution in [2.24, 2.45) is 0 Å². The van der Waals surface area contributed by atoms with E-state index in [1.54, 1.807) is 0 Å². The van der Waals surface area contributed by atoms with Gasteiger partial charge in [0.15, 0.2) is 12.2 Å². The van der Waals surface area contributed by atoms with Gasteiger partial charge >= 0.3 is 198 Å². The minimum absolute atomic E-state index is 0. The summed E-state index contributed by atoms with van der Waals surface area (Å²) in [5.41, 5.74) is 0. The molecule has 0 aromatic rings. The molecule has 0 saturated carbocycles. The molecule has 138 valence electrons. The van der Waals surface area contributed by atoms with Gasteiger partial charge in [-0.15, -0.1) is 0 Å². The number of hydrogen-bond donors (Lipinski definition) is 4. The molecule has 0 radical (unpaired) electrons. The zero-order valence-corrected chi connectivity index (χ0v) is 25.8. The van der Waals surface area contributed by atoms with E-state index in [2.05, 4.69) is 9.47 Å². The number of rotatable bonds is 7. The third-order valence-corrected chi connectivity index (χ3v) is 1.91. The summed E-state index contributed by atoms with van der Waals surface area (Å²) in [5.74, 6) is -9.74. The minimum atomic E-state index is -2.63. The predicted molar refractivity (Wildman–Crippen MR) is 72.2 cm³/mol. The van der Waals surface area contributed by atoms with E-state index in [0.29, 0.717) is 24.3 Å². The van der Waals surface area contributed by atoms with Crippen molar-refractivity contribution in [2.45, 2.75) is 12.2 Å². The Morgan fingerprint density at radius 1 is 0.643 bits per heavy atom. The molecule has 0 aromatic carbocycles. The molecular formula is C12H14K2Na2O12. The average Bonchev–Trinajstić information content (AvgIpc) is 2.49. The van der Waals surface area contributed by atoms with Gasteiger partial charge in [0, 0.05) is 24.3 Å². The van der Waals surface area contributed by atoms with Crippen LogP contribution in [0.1, 0.15) is 5.71 Å². The first kappa shape index (κ1) is 40.3. The molecule has 0 rings (SSSR count). The standard InChI is InChI=1S/C12H10O12.2K.2Na.4H/c13-5(14)1-3-7(17)23-11(21)9(19)10(20)12(22)24-8(18)4-2-6(15)16;;;;;;;;/h1-4,9-10,19-20H,(H,13,14)(H,15,16);;;;;;;;/q;4*+1;4*-1/b3-1-,4-2-;;;;;;;;. The number of aliphatic carboxylic acids is 2. The average molecular weight is 474 g/mol. The monoisotopic (exact) mass is 474 g/mol. The van der Waals surface area contributed by atoms with E-state index in [1.807, 2.05) is 0 Å². The molecule has 2 unspecified atom stereocenters. The van der Waals surface area contributed by atoms with Crippen LogP contribution in [0.3, 0.4) is 0 Å². The maximum atomic E-state index is 11.2. The van der Waals surface area contributed by atoms with Crippen LogP contribution in [-0.4, -0.2) is 68.4 Å². The summed E-state index contributed by atoms with van der Waals surface area (Å²) in [7, 11) is 0. The van der Waals surface area contributed by atoms with Gasteiger partial charge in [-0.2, -0.15) is 0 Å². The molecule has 0 saturated heterocycles. The number of carboxylic acids is 2. The van der Waals surface area contributed by atoms with Crippen LogP contribution in [0.25, 0.3) is 0 Å². The first-order valence-corrected chi connectivity index (χ1v) is 5.74. The third-order valence-electron chi connectivity index (χ3n) is 1.91. The molecule has 0 aromatic heterocycles. The third kappa shape index (κ3) is 19.8. The minimum Gasteiger partial charge on any atom is -1.00 e. The molecule has 0 bridgehead atoms. The van der Waals surface area contributed by atoms with Crippen molar-refractivity contribution >= 4 is 35.8 Å². The number of carbonyl (C=O) groups excluding carboxylic acids is 4. The first-order valence-electron chi connectivity index (χ1n) is 5.74. The molecule has 0 aliphatic carbocycles. The maximum Gasteiger partial charge on any atom is 1.00 e. The van der Waals surface area contributed by atoms with E-state index in [0.717, 1.165) is 0 Å². The molecule has 0 aliphatic rings. The van der Waals surface area contributed by atoms with E-state index in [-0.39, 0.29) is 168 Å². The van der Waals surface area contributed by atoms with Gasteiger partial charge in [-0.3, -0.25) is 0 Å². The Labute approximate surface area is 292 Å². The summed E-state index contributed by atoms with van der Waals surface area (Å²) in [6.45, 7) is 0. The fourth-order valence-electron chi connectivity index (χ4n) is 0.924. The summed E-state index contributed by atoms with van der Waals surface area (Å²) in [6.07, 6.45) is -3.98. The van der Waals surface area contributed by atoms with E-state index in [9.17, 15) is 39.0 Å². The Morgan fingerprint density at radius 2 is 0.893 bits per heavy atom. The quantitative estimate of drug-likeness (QED) is 0.118. The molecule has 16 heteroatoms. The number of esters is 4. The summed E-state index contributed by atoms with van der Waals surface area (Å²) in [4.78, 5) is 64.6. The molecule has 0 heterocycles. The second kappa shape index (κ2) is 22.1. The topological polar surface area (TPSA) is 202 Å². The molecule has 0 fully saturated rings. The summed E-state index contributed by atoms with van der Waals surface area (Å²) in [5, 5.41) is 35.0. The molecule has 0 amide bonds. The molecule has 12 nitrogen and oxygen atoms in total. The van der Waals surface area contributed by atoms with Gasteiger partial charge in [0.1, 0.15) is 0 Å². The van der Waals surface area contributed by atoms with E-state index < -0.39 is 48.0 Å². The van der Waals surface area contributed by atoms with Gasteiger partial charge in [0.25, 0.3) is 0 Å².